The number of para-hydroxylation sites is 1. The predicted octanol–water partition coefficient (Wildman–Crippen LogP) is 5.87. The Morgan fingerprint density at radius 2 is 1.83 bits per heavy atom. The highest BCUT2D eigenvalue weighted by Gasteiger charge is 2.42. The molecule has 194 valence electrons. The molecule has 0 amide bonds. The number of aromatic nitrogens is 1. The number of H-pyrrole nitrogens is 1. The Morgan fingerprint density at radius 1 is 1.11 bits per heavy atom. The molecule has 7 heteroatoms. The number of rotatable bonds is 9. The minimum Gasteiger partial charge on any atom is -0.390 e. The van der Waals surface area contributed by atoms with Gasteiger partial charge in [0.15, 0.2) is 0 Å². The average Bonchev–Trinajstić information content (AvgIpc) is 3.21. The van der Waals surface area contributed by atoms with E-state index in [0.29, 0.717) is 12.0 Å². The van der Waals surface area contributed by atoms with Gasteiger partial charge in [0, 0.05) is 41.6 Å². The van der Waals surface area contributed by atoms with Crippen molar-refractivity contribution in [3.8, 4) is 0 Å². The van der Waals surface area contributed by atoms with Crippen molar-refractivity contribution in [1.82, 2.24) is 14.8 Å². The summed E-state index contributed by atoms with van der Waals surface area (Å²) >= 11 is 0. The fourth-order valence-corrected chi connectivity index (χ4v) is 5.92. The van der Waals surface area contributed by atoms with Gasteiger partial charge in [-0.25, -0.2) is 13.2 Å². The number of aliphatic hydroxyl groups excluding tert-OH is 1. The Kier molecular flexibility index (Phi) is 7.16. The number of likely N-dealkylation sites (tertiary alicyclic amines) is 1. The number of benzene rings is 2. The van der Waals surface area contributed by atoms with Crippen LogP contribution in [0.2, 0.25) is 0 Å². The lowest BCUT2D eigenvalue weighted by molar-refractivity contribution is -0.0864. The van der Waals surface area contributed by atoms with Gasteiger partial charge in [0.1, 0.15) is 12.8 Å². The van der Waals surface area contributed by atoms with Gasteiger partial charge in [-0.2, -0.15) is 0 Å². The number of halogens is 3. The summed E-state index contributed by atoms with van der Waals surface area (Å²) in [5, 5.41) is 10.4. The van der Waals surface area contributed by atoms with Gasteiger partial charge in [0.25, 0.3) is 5.92 Å². The molecular weight excluding hydrogens is 463 g/mol. The Balaban J connectivity index is 1.44. The maximum Gasteiger partial charge on any atom is 0.283 e. The minimum atomic E-state index is -3.21. The fourth-order valence-electron chi connectivity index (χ4n) is 5.92. The topological polar surface area (TPSA) is 42.5 Å². The Hall–Kier alpha value is -2.35. The lowest BCUT2D eigenvalue weighted by atomic mass is 9.86. The van der Waals surface area contributed by atoms with Crippen LogP contribution in [0.3, 0.4) is 0 Å². The molecule has 4 nitrogen and oxygen atoms in total. The monoisotopic (exact) mass is 499 g/mol. The molecule has 1 fully saturated rings. The van der Waals surface area contributed by atoms with Crippen LogP contribution in [-0.4, -0.2) is 64.6 Å². The van der Waals surface area contributed by atoms with Crippen LogP contribution < -0.4 is 0 Å². The molecular formula is C29H36F3N3O. The largest absolute Gasteiger partial charge is 0.390 e. The first-order valence-electron chi connectivity index (χ1n) is 13.1. The first-order valence-corrected chi connectivity index (χ1v) is 13.1. The molecule has 0 spiro atoms. The number of nitrogens with one attached hydrogen (secondary N) is 1. The second kappa shape index (κ2) is 10.2. The fraction of sp³-hybridized carbons (Fsp3) is 0.517. The van der Waals surface area contributed by atoms with Crippen LogP contribution in [0.15, 0.2) is 48.5 Å². The van der Waals surface area contributed by atoms with Crippen LogP contribution >= 0.6 is 0 Å². The number of aliphatic hydroxyl groups is 1. The van der Waals surface area contributed by atoms with Crippen LogP contribution in [0, 0.1) is 5.92 Å². The van der Waals surface area contributed by atoms with E-state index in [1.165, 1.54) is 0 Å². The minimum absolute atomic E-state index is 0.00228. The molecule has 2 N–H and O–H groups in total. The van der Waals surface area contributed by atoms with Gasteiger partial charge >= 0.3 is 0 Å². The summed E-state index contributed by atoms with van der Waals surface area (Å²) in [6.45, 7) is 4.97. The van der Waals surface area contributed by atoms with E-state index in [2.05, 4.69) is 22.9 Å². The van der Waals surface area contributed by atoms with Crippen LogP contribution in [0.1, 0.15) is 61.3 Å². The summed E-state index contributed by atoms with van der Waals surface area (Å²) in [5.41, 5.74) is 4.51. The molecule has 2 aliphatic heterocycles. The number of hydrogen-bond acceptors (Lipinski definition) is 3. The predicted molar refractivity (Wildman–Crippen MR) is 137 cm³/mol. The van der Waals surface area contributed by atoms with Gasteiger partial charge in [-0.1, -0.05) is 55.8 Å². The highest BCUT2D eigenvalue weighted by Crippen LogP contribution is 2.42. The van der Waals surface area contributed by atoms with Crippen LogP contribution in [0.4, 0.5) is 13.2 Å². The first-order chi connectivity index (χ1) is 17.3. The van der Waals surface area contributed by atoms with Gasteiger partial charge in [0.2, 0.25) is 0 Å². The second-order valence-corrected chi connectivity index (χ2v) is 10.6. The van der Waals surface area contributed by atoms with Crippen molar-refractivity contribution in [1.29, 1.82) is 0 Å². The number of aromatic amines is 1. The molecule has 3 atom stereocenters. The maximum absolute atomic E-state index is 15.3. The average molecular weight is 500 g/mol. The summed E-state index contributed by atoms with van der Waals surface area (Å²) in [6.07, 6.45) is 1.89. The lowest BCUT2D eigenvalue weighted by Gasteiger charge is -2.42. The number of nitrogens with zero attached hydrogens (tertiary/aromatic N) is 2. The van der Waals surface area contributed by atoms with E-state index < -0.39 is 31.3 Å². The van der Waals surface area contributed by atoms with Gasteiger partial charge in [-0.15, -0.1) is 0 Å². The van der Waals surface area contributed by atoms with E-state index in [9.17, 15) is 13.9 Å². The molecule has 0 radical (unpaired) electrons. The van der Waals surface area contributed by atoms with Crippen molar-refractivity contribution >= 4 is 10.9 Å². The van der Waals surface area contributed by atoms with E-state index in [1.807, 2.05) is 49.4 Å². The van der Waals surface area contributed by atoms with Gasteiger partial charge in [0.05, 0.1) is 12.6 Å². The highest BCUT2D eigenvalue weighted by atomic mass is 19.3. The zero-order valence-corrected chi connectivity index (χ0v) is 21.1. The number of hydrogen-bond donors (Lipinski definition) is 2. The van der Waals surface area contributed by atoms with Crippen LogP contribution in [0.5, 0.6) is 0 Å². The van der Waals surface area contributed by atoms with Crippen LogP contribution in [0.25, 0.3) is 10.9 Å². The van der Waals surface area contributed by atoms with E-state index in [1.54, 1.807) is 4.90 Å². The summed E-state index contributed by atoms with van der Waals surface area (Å²) in [4.78, 5) is 7.56. The Bertz CT molecular complexity index is 1170. The van der Waals surface area contributed by atoms with Crippen molar-refractivity contribution in [2.75, 3.05) is 32.8 Å². The molecule has 0 bridgehead atoms. The second-order valence-electron chi connectivity index (χ2n) is 10.6. The van der Waals surface area contributed by atoms with Crippen molar-refractivity contribution in [2.24, 2.45) is 5.92 Å². The quantitative estimate of drug-likeness (QED) is 0.387. The maximum atomic E-state index is 15.3. The molecule has 1 aromatic heterocycles. The molecule has 36 heavy (non-hydrogen) atoms. The standard InChI is InChI=1S/C29H36F3N3O/c1-3-4-13-34-15-22(16-34)26(30)20-9-11-21(12-10-20)28-27-24(23-7-5-6-8-25(23)33-27)14-19(2)35(28)17-29(31,32)18-36/h5-12,19,22,26,28,33,36H,3-4,13-18H2,1-2H3/t19-,26-,28-/m1/s1. The van der Waals surface area contributed by atoms with Crippen molar-refractivity contribution in [3.05, 3.63) is 70.9 Å². The third kappa shape index (κ3) is 4.81. The summed E-state index contributed by atoms with van der Waals surface area (Å²) in [7, 11) is 0. The SMILES string of the molecule is CCCCN1CC([C@H](F)c2ccc([C@@H]3c4[nH]c5ccccc5c4C[C@@H](C)N3CC(F)(F)CO)cc2)C1. The third-order valence-electron chi connectivity index (χ3n) is 7.96. The number of unbranched alkanes of at least 4 members (excludes halogenated alkanes) is 1. The van der Waals surface area contributed by atoms with Gasteiger partial charge in [-0.05, 0) is 49.1 Å². The van der Waals surface area contributed by atoms with E-state index in [4.69, 9.17) is 0 Å². The van der Waals surface area contributed by atoms with Crippen molar-refractivity contribution in [2.45, 2.75) is 57.3 Å². The van der Waals surface area contributed by atoms with Crippen LogP contribution in [-0.2, 0) is 6.42 Å². The van der Waals surface area contributed by atoms with Gasteiger partial charge < -0.3 is 15.0 Å². The summed E-state index contributed by atoms with van der Waals surface area (Å²) < 4.78 is 44.1. The highest BCUT2D eigenvalue weighted by molar-refractivity contribution is 5.85. The van der Waals surface area contributed by atoms with Crippen molar-refractivity contribution in [3.63, 3.8) is 0 Å². The normalized spacial score (nSPS) is 22.5. The third-order valence-corrected chi connectivity index (χ3v) is 7.96. The van der Waals surface area contributed by atoms with Crippen molar-refractivity contribution < 1.29 is 18.3 Å². The van der Waals surface area contributed by atoms with E-state index in [0.717, 1.165) is 60.2 Å². The molecule has 5 rings (SSSR count). The Morgan fingerprint density at radius 3 is 2.53 bits per heavy atom. The van der Waals surface area contributed by atoms with Gasteiger partial charge in [-0.3, -0.25) is 4.90 Å². The first kappa shape index (κ1) is 25.3. The molecule has 1 saturated heterocycles. The molecule has 0 unspecified atom stereocenters. The van der Waals surface area contributed by atoms with E-state index in [-0.39, 0.29) is 12.0 Å². The summed E-state index contributed by atoms with van der Waals surface area (Å²) in [5.74, 6) is -3.21. The summed E-state index contributed by atoms with van der Waals surface area (Å²) in [6, 6.07) is 14.8. The van der Waals surface area contributed by atoms with E-state index >= 15 is 4.39 Å². The number of alkyl halides is 3. The lowest BCUT2D eigenvalue weighted by Crippen LogP contribution is -2.49. The molecule has 2 aliphatic rings. The molecule has 3 aromatic rings. The zero-order valence-electron chi connectivity index (χ0n) is 21.1. The molecule has 0 aliphatic carbocycles. The molecule has 3 heterocycles. The smallest absolute Gasteiger partial charge is 0.283 e. The molecule has 2 aromatic carbocycles. The zero-order chi connectivity index (χ0) is 25.4. The number of fused-ring (bicyclic) bond motifs is 3. The Labute approximate surface area is 211 Å². The molecule has 0 saturated carbocycles.